The van der Waals surface area contributed by atoms with Crippen LogP contribution in [0.4, 0.5) is 5.69 Å². The molecule has 0 radical (unpaired) electrons. The SMILES string of the molecule is COc1ccc2c(c1)C(C(=O)O)C(C)N2S(=O)(=O)c1cnn(-c2cc(C)ccn2)c1. The van der Waals surface area contributed by atoms with Gasteiger partial charge in [0, 0.05) is 6.20 Å². The third kappa shape index (κ3) is 3.09. The number of ether oxygens (including phenoxy) is 1. The molecule has 4 rings (SSSR count). The predicted molar refractivity (Wildman–Crippen MR) is 109 cm³/mol. The molecule has 1 aromatic carbocycles. The fraction of sp³-hybridized carbons (Fsp3) is 0.250. The lowest BCUT2D eigenvalue weighted by atomic mass is 9.96. The third-order valence-electron chi connectivity index (χ3n) is 5.18. The molecule has 0 spiro atoms. The predicted octanol–water partition coefficient (Wildman–Crippen LogP) is 2.35. The zero-order valence-electron chi connectivity index (χ0n) is 16.6. The molecule has 1 N–H and O–H groups in total. The summed E-state index contributed by atoms with van der Waals surface area (Å²) in [5, 5.41) is 13.9. The number of carboxylic acid groups (broad SMARTS) is 1. The molecule has 30 heavy (non-hydrogen) atoms. The second kappa shape index (κ2) is 7.13. The van der Waals surface area contributed by atoms with E-state index in [2.05, 4.69) is 10.1 Å². The Morgan fingerprint density at radius 1 is 1.23 bits per heavy atom. The van der Waals surface area contributed by atoms with Crippen molar-refractivity contribution in [3.63, 3.8) is 0 Å². The summed E-state index contributed by atoms with van der Waals surface area (Å²) in [6.07, 6.45) is 4.23. The summed E-state index contributed by atoms with van der Waals surface area (Å²) in [7, 11) is -2.60. The van der Waals surface area contributed by atoms with E-state index in [9.17, 15) is 18.3 Å². The largest absolute Gasteiger partial charge is 0.497 e. The van der Waals surface area contributed by atoms with E-state index >= 15 is 0 Å². The van der Waals surface area contributed by atoms with Gasteiger partial charge in [0.25, 0.3) is 10.0 Å². The van der Waals surface area contributed by atoms with E-state index in [1.165, 1.54) is 24.2 Å². The number of hydrogen-bond acceptors (Lipinski definition) is 6. The van der Waals surface area contributed by atoms with Gasteiger partial charge in [0.05, 0.1) is 31.2 Å². The molecule has 2 unspecified atom stereocenters. The fourth-order valence-electron chi connectivity index (χ4n) is 3.74. The number of aryl methyl sites for hydroxylation is 1. The summed E-state index contributed by atoms with van der Waals surface area (Å²) in [5.74, 6) is -1.17. The minimum atomic E-state index is -4.07. The molecule has 0 saturated heterocycles. The van der Waals surface area contributed by atoms with Gasteiger partial charge in [-0.15, -0.1) is 0 Å². The summed E-state index contributed by atoms with van der Waals surface area (Å²) < 4.78 is 34.7. The van der Waals surface area contributed by atoms with Crippen LogP contribution >= 0.6 is 0 Å². The normalized spacial score (nSPS) is 18.3. The van der Waals surface area contributed by atoms with Crippen LogP contribution in [0.15, 0.2) is 53.8 Å². The van der Waals surface area contributed by atoms with E-state index in [0.717, 1.165) is 9.87 Å². The minimum Gasteiger partial charge on any atom is -0.497 e. The molecule has 1 aliphatic heterocycles. The lowest BCUT2D eigenvalue weighted by molar-refractivity contribution is -0.138. The zero-order valence-corrected chi connectivity index (χ0v) is 17.4. The van der Waals surface area contributed by atoms with Crippen LogP contribution in [0, 0.1) is 6.92 Å². The molecular weight excluding hydrogens is 408 g/mol. The lowest BCUT2D eigenvalue weighted by Gasteiger charge is -2.25. The number of aliphatic carboxylic acids is 1. The number of carbonyl (C=O) groups is 1. The van der Waals surface area contributed by atoms with Crippen molar-refractivity contribution in [1.29, 1.82) is 0 Å². The highest BCUT2D eigenvalue weighted by atomic mass is 32.2. The number of sulfonamides is 1. The van der Waals surface area contributed by atoms with E-state index in [-0.39, 0.29) is 4.90 Å². The average molecular weight is 428 g/mol. The second-order valence-corrected chi connectivity index (χ2v) is 8.91. The van der Waals surface area contributed by atoms with E-state index in [1.54, 1.807) is 37.4 Å². The van der Waals surface area contributed by atoms with Crippen molar-refractivity contribution < 1.29 is 23.1 Å². The molecule has 9 nitrogen and oxygen atoms in total. The molecule has 2 aromatic heterocycles. The lowest BCUT2D eigenvalue weighted by Crippen LogP contribution is -2.38. The summed E-state index contributed by atoms with van der Waals surface area (Å²) in [6, 6.07) is 7.53. The Kier molecular flexibility index (Phi) is 4.73. The molecule has 0 fully saturated rings. The number of carboxylic acids is 1. The third-order valence-corrected chi connectivity index (χ3v) is 7.03. The van der Waals surface area contributed by atoms with Crippen molar-refractivity contribution in [2.24, 2.45) is 0 Å². The van der Waals surface area contributed by atoms with E-state index in [4.69, 9.17) is 4.74 Å². The number of anilines is 1. The van der Waals surface area contributed by atoms with Gasteiger partial charge >= 0.3 is 5.97 Å². The van der Waals surface area contributed by atoms with Crippen LogP contribution in [-0.4, -0.2) is 47.4 Å². The van der Waals surface area contributed by atoms with Gasteiger partial charge in [-0.25, -0.2) is 18.1 Å². The molecule has 1 aliphatic rings. The number of pyridine rings is 1. The van der Waals surface area contributed by atoms with Gasteiger partial charge in [-0.05, 0) is 55.3 Å². The van der Waals surface area contributed by atoms with Crippen LogP contribution in [0.1, 0.15) is 24.0 Å². The maximum Gasteiger partial charge on any atom is 0.313 e. The maximum atomic E-state index is 13.5. The number of fused-ring (bicyclic) bond motifs is 1. The minimum absolute atomic E-state index is 0.0505. The molecular formula is C20H20N4O5S. The van der Waals surface area contributed by atoms with Crippen molar-refractivity contribution in [1.82, 2.24) is 14.8 Å². The summed E-state index contributed by atoms with van der Waals surface area (Å²) in [6.45, 7) is 3.48. The Morgan fingerprint density at radius 2 is 2.00 bits per heavy atom. The highest BCUT2D eigenvalue weighted by molar-refractivity contribution is 7.92. The smallest absolute Gasteiger partial charge is 0.313 e. The molecule has 0 bridgehead atoms. The molecule has 156 valence electrons. The molecule has 0 amide bonds. The first-order valence-corrected chi connectivity index (χ1v) is 10.6. The second-order valence-electron chi connectivity index (χ2n) is 7.09. The number of benzene rings is 1. The highest BCUT2D eigenvalue weighted by Gasteiger charge is 2.46. The fourth-order valence-corrected chi connectivity index (χ4v) is 5.36. The molecule has 3 aromatic rings. The van der Waals surface area contributed by atoms with Gasteiger partial charge in [0.1, 0.15) is 16.6 Å². The molecule has 3 heterocycles. The molecule has 0 aliphatic carbocycles. The topological polar surface area (TPSA) is 115 Å². The summed E-state index contributed by atoms with van der Waals surface area (Å²) in [4.78, 5) is 16.1. The van der Waals surface area contributed by atoms with Crippen molar-refractivity contribution in [2.75, 3.05) is 11.4 Å². The van der Waals surface area contributed by atoms with Gasteiger partial charge in [-0.3, -0.25) is 9.10 Å². The van der Waals surface area contributed by atoms with Gasteiger partial charge in [0.2, 0.25) is 0 Å². The molecule has 2 atom stereocenters. The van der Waals surface area contributed by atoms with Gasteiger partial charge < -0.3 is 9.84 Å². The first-order valence-electron chi connectivity index (χ1n) is 9.17. The quantitative estimate of drug-likeness (QED) is 0.663. The Bertz CT molecular complexity index is 1240. The van der Waals surface area contributed by atoms with Crippen LogP contribution in [0.2, 0.25) is 0 Å². The van der Waals surface area contributed by atoms with Crippen LogP contribution in [0.3, 0.4) is 0 Å². The van der Waals surface area contributed by atoms with Crippen LogP contribution < -0.4 is 9.04 Å². The van der Waals surface area contributed by atoms with Gasteiger partial charge in [0.15, 0.2) is 5.82 Å². The van der Waals surface area contributed by atoms with Crippen LogP contribution in [-0.2, 0) is 14.8 Å². The number of methoxy groups -OCH3 is 1. The zero-order chi connectivity index (χ0) is 21.6. The Balaban J connectivity index is 1.79. The number of hydrogen-bond donors (Lipinski definition) is 1. The van der Waals surface area contributed by atoms with Crippen molar-refractivity contribution >= 4 is 21.7 Å². The molecule has 10 heteroatoms. The Hall–Kier alpha value is -3.40. The summed E-state index contributed by atoms with van der Waals surface area (Å²) >= 11 is 0. The van der Waals surface area contributed by atoms with Crippen LogP contribution in [0.25, 0.3) is 5.82 Å². The van der Waals surface area contributed by atoms with Gasteiger partial charge in [-0.1, -0.05) is 0 Å². The van der Waals surface area contributed by atoms with Crippen molar-refractivity contribution in [2.45, 2.75) is 30.7 Å². The number of nitrogens with zero attached hydrogens (tertiary/aromatic N) is 4. The highest BCUT2D eigenvalue weighted by Crippen LogP contribution is 2.45. The van der Waals surface area contributed by atoms with E-state index in [0.29, 0.717) is 22.8 Å². The number of aromatic nitrogens is 3. The first-order chi connectivity index (χ1) is 14.2. The van der Waals surface area contributed by atoms with Crippen molar-refractivity contribution in [3.05, 3.63) is 60.0 Å². The first kappa shape index (κ1) is 19.9. The van der Waals surface area contributed by atoms with Gasteiger partial charge in [-0.2, -0.15) is 5.10 Å². The Morgan fingerprint density at radius 3 is 2.67 bits per heavy atom. The van der Waals surface area contributed by atoms with Crippen LogP contribution in [0.5, 0.6) is 5.75 Å². The van der Waals surface area contributed by atoms with E-state index < -0.39 is 28.0 Å². The van der Waals surface area contributed by atoms with E-state index in [1.807, 2.05) is 13.0 Å². The molecule has 0 saturated carbocycles. The average Bonchev–Trinajstić information content (AvgIpc) is 3.30. The summed E-state index contributed by atoms with van der Waals surface area (Å²) in [5.41, 5.74) is 1.67. The standard InChI is InChI=1S/C20H20N4O5S/c1-12-6-7-21-18(8-12)23-11-15(10-22-23)30(27,28)24-13(2)19(20(25)26)16-9-14(29-3)4-5-17(16)24/h4-11,13,19H,1-3H3,(H,25,26). The van der Waals surface area contributed by atoms with Crippen molar-refractivity contribution in [3.8, 4) is 11.6 Å². The monoisotopic (exact) mass is 428 g/mol. The maximum absolute atomic E-state index is 13.5. The Labute approximate surface area is 173 Å². The number of rotatable bonds is 5.